The SMILES string of the molecule is CCC(C)(NC(=O)c1cc(Cl)c(N)c(CCCl)c1)C(=O)CCl. The number of amides is 1. The van der Waals surface area contributed by atoms with E-state index in [2.05, 4.69) is 5.32 Å². The highest BCUT2D eigenvalue weighted by atomic mass is 35.5. The maximum Gasteiger partial charge on any atom is 0.252 e. The first-order valence-electron chi connectivity index (χ1n) is 6.84. The van der Waals surface area contributed by atoms with Gasteiger partial charge in [-0.1, -0.05) is 18.5 Å². The molecule has 22 heavy (non-hydrogen) atoms. The van der Waals surface area contributed by atoms with Crippen molar-refractivity contribution in [2.24, 2.45) is 0 Å². The summed E-state index contributed by atoms with van der Waals surface area (Å²) in [6.45, 7) is 3.45. The molecular weight excluding hydrogens is 347 g/mol. The van der Waals surface area contributed by atoms with Gasteiger partial charge in [0.1, 0.15) is 0 Å². The molecule has 0 aliphatic heterocycles. The number of hydrogen-bond acceptors (Lipinski definition) is 3. The monoisotopic (exact) mass is 364 g/mol. The first-order chi connectivity index (χ1) is 10.3. The zero-order valence-electron chi connectivity index (χ0n) is 12.5. The Balaban J connectivity index is 3.10. The van der Waals surface area contributed by atoms with Crippen molar-refractivity contribution < 1.29 is 9.59 Å². The lowest BCUT2D eigenvalue weighted by Crippen LogP contribution is -2.52. The number of carbonyl (C=O) groups is 2. The molecule has 4 nitrogen and oxygen atoms in total. The van der Waals surface area contributed by atoms with E-state index in [0.29, 0.717) is 35.5 Å². The highest BCUT2D eigenvalue weighted by molar-refractivity contribution is 6.33. The van der Waals surface area contributed by atoms with Crippen LogP contribution in [0.5, 0.6) is 0 Å². The second-order valence-corrected chi connectivity index (χ2v) is 6.22. The summed E-state index contributed by atoms with van der Waals surface area (Å²) in [5.41, 5.74) is 6.30. The quantitative estimate of drug-likeness (QED) is 0.574. The first-order valence-corrected chi connectivity index (χ1v) is 8.29. The molecule has 3 N–H and O–H groups in total. The molecule has 1 aromatic rings. The number of anilines is 1. The standard InChI is InChI=1S/C15H19Cl3N2O2/c1-3-15(2,12(21)8-17)20-14(22)10-6-9(4-5-16)13(19)11(18)7-10/h6-7H,3-5,8,19H2,1-2H3,(H,20,22). The molecule has 1 amide bonds. The van der Waals surface area contributed by atoms with Crippen LogP contribution in [0.15, 0.2) is 12.1 Å². The van der Waals surface area contributed by atoms with E-state index in [9.17, 15) is 9.59 Å². The number of rotatable bonds is 7. The summed E-state index contributed by atoms with van der Waals surface area (Å²) in [5, 5.41) is 3.01. The highest BCUT2D eigenvalue weighted by Crippen LogP contribution is 2.26. The molecule has 0 aromatic heterocycles. The summed E-state index contributed by atoms with van der Waals surface area (Å²) in [6, 6.07) is 3.12. The highest BCUT2D eigenvalue weighted by Gasteiger charge is 2.32. The summed E-state index contributed by atoms with van der Waals surface area (Å²) in [6.07, 6.45) is 0.932. The predicted molar refractivity (Wildman–Crippen MR) is 92.2 cm³/mol. The third-order valence-electron chi connectivity index (χ3n) is 3.67. The lowest BCUT2D eigenvalue weighted by molar-refractivity contribution is -0.122. The Labute approximate surface area is 145 Å². The molecule has 1 atom stereocenters. The van der Waals surface area contributed by atoms with Crippen LogP contribution in [0.4, 0.5) is 5.69 Å². The molecule has 0 spiro atoms. The van der Waals surface area contributed by atoms with Gasteiger partial charge in [0.05, 0.1) is 22.1 Å². The molecule has 0 aliphatic rings. The number of nitrogen functional groups attached to an aromatic ring is 1. The average Bonchev–Trinajstić information content (AvgIpc) is 2.50. The van der Waals surface area contributed by atoms with E-state index in [1.165, 1.54) is 6.07 Å². The molecule has 1 rings (SSSR count). The number of Topliss-reactive ketones (excluding diaryl/α,β-unsaturated/α-hetero) is 1. The molecule has 0 fully saturated rings. The fourth-order valence-corrected chi connectivity index (χ4v) is 2.68. The lowest BCUT2D eigenvalue weighted by Gasteiger charge is -2.27. The Morgan fingerprint density at radius 2 is 1.95 bits per heavy atom. The Morgan fingerprint density at radius 3 is 2.45 bits per heavy atom. The maximum atomic E-state index is 12.4. The van der Waals surface area contributed by atoms with Gasteiger partial charge < -0.3 is 11.1 Å². The van der Waals surface area contributed by atoms with E-state index in [-0.39, 0.29) is 16.7 Å². The topological polar surface area (TPSA) is 72.2 Å². The van der Waals surface area contributed by atoms with E-state index in [0.717, 1.165) is 0 Å². The van der Waals surface area contributed by atoms with Gasteiger partial charge >= 0.3 is 0 Å². The van der Waals surface area contributed by atoms with E-state index in [1.807, 2.05) is 0 Å². The van der Waals surface area contributed by atoms with Crippen molar-refractivity contribution in [3.05, 3.63) is 28.3 Å². The molecule has 0 heterocycles. The number of hydrogen-bond donors (Lipinski definition) is 2. The molecule has 0 saturated carbocycles. The fourth-order valence-electron chi connectivity index (χ4n) is 1.94. The number of halogens is 3. The molecule has 0 saturated heterocycles. The predicted octanol–water partition coefficient (Wildman–Crippen LogP) is 3.41. The van der Waals surface area contributed by atoms with Crippen LogP contribution >= 0.6 is 34.8 Å². The zero-order valence-corrected chi connectivity index (χ0v) is 14.8. The van der Waals surface area contributed by atoms with Crippen molar-refractivity contribution in [2.75, 3.05) is 17.5 Å². The number of benzene rings is 1. The average molecular weight is 366 g/mol. The number of ketones is 1. The molecule has 0 aliphatic carbocycles. The first kappa shape index (κ1) is 19.1. The normalized spacial score (nSPS) is 13.5. The van der Waals surface area contributed by atoms with Gasteiger partial charge in [-0.15, -0.1) is 23.2 Å². The fraction of sp³-hybridized carbons (Fsp3) is 0.467. The van der Waals surface area contributed by atoms with Gasteiger partial charge in [-0.3, -0.25) is 9.59 Å². The van der Waals surface area contributed by atoms with Crippen molar-refractivity contribution in [2.45, 2.75) is 32.2 Å². The lowest BCUT2D eigenvalue weighted by atomic mass is 9.93. The number of aryl methyl sites for hydroxylation is 1. The third-order valence-corrected chi connectivity index (χ3v) is 4.42. The summed E-state index contributed by atoms with van der Waals surface area (Å²) < 4.78 is 0. The van der Waals surface area contributed by atoms with Gasteiger partial charge in [0.25, 0.3) is 5.91 Å². The van der Waals surface area contributed by atoms with Crippen molar-refractivity contribution >= 4 is 52.2 Å². The van der Waals surface area contributed by atoms with Gasteiger partial charge in [0, 0.05) is 11.4 Å². The van der Waals surface area contributed by atoms with Gasteiger partial charge in [0.15, 0.2) is 5.78 Å². The summed E-state index contributed by atoms with van der Waals surface area (Å²) in [4.78, 5) is 24.3. The summed E-state index contributed by atoms with van der Waals surface area (Å²) >= 11 is 17.4. The van der Waals surface area contributed by atoms with E-state index >= 15 is 0 Å². The van der Waals surface area contributed by atoms with E-state index in [4.69, 9.17) is 40.5 Å². The van der Waals surface area contributed by atoms with Gasteiger partial charge in [-0.25, -0.2) is 0 Å². The molecule has 0 radical (unpaired) electrons. The van der Waals surface area contributed by atoms with Crippen molar-refractivity contribution in [3.63, 3.8) is 0 Å². The summed E-state index contributed by atoms with van der Waals surface area (Å²) in [5.74, 6) is -0.443. The minimum absolute atomic E-state index is 0.162. The van der Waals surface area contributed by atoms with Gasteiger partial charge in [-0.05, 0) is 37.5 Å². The van der Waals surface area contributed by atoms with Crippen LogP contribution in [-0.4, -0.2) is 29.0 Å². The molecule has 7 heteroatoms. The van der Waals surface area contributed by atoms with Crippen LogP contribution in [0.2, 0.25) is 5.02 Å². The van der Waals surface area contributed by atoms with Crippen molar-refractivity contribution in [1.29, 1.82) is 0 Å². The molecule has 1 unspecified atom stereocenters. The van der Waals surface area contributed by atoms with Crippen LogP contribution in [0.3, 0.4) is 0 Å². The largest absolute Gasteiger partial charge is 0.397 e. The Kier molecular flexibility index (Phi) is 6.98. The second-order valence-electron chi connectivity index (χ2n) is 5.17. The van der Waals surface area contributed by atoms with Crippen molar-refractivity contribution in [1.82, 2.24) is 5.32 Å². The second kappa shape index (κ2) is 8.04. The van der Waals surface area contributed by atoms with Gasteiger partial charge in [0.2, 0.25) is 0 Å². The molecule has 0 bridgehead atoms. The maximum absolute atomic E-state index is 12.4. The molecule has 1 aromatic carbocycles. The number of alkyl halides is 2. The van der Waals surface area contributed by atoms with Crippen LogP contribution in [-0.2, 0) is 11.2 Å². The van der Waals surface area contributed by atoms with Crippen molar-refractivity contribution in [3.8, 4) is 0 Å². The van der Waals surface area contributed by atoms with Crippen LogP contribution in [0.25, 0.3) is 0 Å². The van der Waals surface area contributed by atoms with Crippen LogP contribution in [0, 0.1) is 0 Å². The Morgan fingerprint density at radius 1 is 1.32 bits per heavy atom. The van der Waals surface area contributed by atoms with E-state index < -0.39 is 11.4 Å². The van der Waals surface area contributed by atoms with Crippen LogP contribution in [0.1, 0.15) is 36.2 Å². The number of nitrogens with one attached hydrogen (secondary N) is 1. The zero-order chi connectivity index (χ0) is 16.9. The number of carbonyl (C=O) groups excluding carboxylic acids is 2. The number of nitrogens with two attached hydrogens (primary N) is 1. The molecular formula is C15H19Cl3N2O2. The third kappa shape index (κ3) is 4.28. The minimum atomic E-state index is -1.01. The summed E-state index contributed by atoms with van der Waals surface area (Å²) in [7, 11) is 0. The molecule has 122 valence electrons. The Bertz CT molecular complexity index is 578. The minimum Gasteiger partial charge on any atom is -0.397 e. The van der Waals surface area contributed by atoms with E-state index in [1.54, 1.807) is 19.9 Å². The smallest absolute Gasteiger partial charge is 0.252 e. The van der Waals surface area contributed by atoms with Gasteiger partial charge in [-0.2, -0.15) is 0 Å². The van der Waals surface area contributed by atoms with Crippen LogP contribution < -0.4 is 11.1 Å². The Hall–Kier alpha value is -0.970.